The van der Waals surface area contributed by atoms with E-state index < -0.39 is 16.1 Å². The van der Waals surface area contributed by atoms with Gasteiger partial charge in [0.2, 0.25) is 10.0 Å². The Balaban J connectivity index is 1.66. The van der Waals surface area contributed by atoms with E-state index in [1.54, 1.807) is 31.3 Å². The number of nitrogens with zero attached hydrogens (tertiary/aromatic N) is 3. The topological polar surface area (TPSA) is 83.0 Å². The number of aliphatic hydroxyl groups excluding tert-OH is 1. The molecule has 34 heavy (non-hydrogen) atoms. The van der Waals surface area contributed by atoms with Crippen LogP contribution in [0.3, 0.4) is 0 Å². The molecule has 7 nitrogen and oxygen atoms in total. The third kappa shape index (κ3) is 5.78. The molecule has 1 N–H and O–H groups in total. The Kier molecular flexibility index (Phi) is 7.58. The van der Waals surface area contributed by atoms with Crippen LogP contribution >= 0.6 is 0 Å². The fourth-order valence-corrected chi connectivity index (χ4v) is 5.94. The van der Waals surface area contributed by atoms with Gasteiger partial charge in [0.05, 0.1) is 6.61 Å². The SMILES string of the molecule is C[C@@H]1CN([C@H](C)CO)S(=O)(=O)c2ccc(C#CC3CC3)cc2O[C@@H]1CN(C)Cc1cccnc1. The van der Waals surface area contributed by atoms with Gasteiger partial charge in [-0.1, -0.05) is 24.8 Å². The molecule has 0 unspecified atom stereocenters. The number of aromatic nitrogens is 1. The quantitative estimate of drug-likeness (QED) is 0.637. The summed E-state index contributed by atoms with van der Waals surface area (Å²) in [7, 11) is -1.83. The first-order valence-electron chi connectivity index (χ1n) is 11.8. The van der Waals surface area contributed by atoms with Crippen molar-refractivity contribution >= 4 is 10.0 Å². The summed E-state index contributed by atoms with van der Waals surface area (Å²) in [6, 6.07) is 8.48. The van der Waals surface area contributed by atoms with Gasteiger partial charge in [-0.25, -0.2) is 8.42 Å². The molecule has 2 aliphatic rings. The zero-order valence-electron chi connectivity index (χ0n) is 20.0. The minimum Gasteiger partial charge on any atom is -0.487 e. The first-order chi connectivity index (χ1) is 16.3. The fraction of sp³-hybridized carbons (Fsp3) is 0.500. The van der Waals surface area contributed by atoms with E-state index in [9.17, 15) is 13.5 Å². The number of benzene rings is 1. The maximum absolute atomic E-state index is 13.6. The van der Waals surface area contributed by atoms with Crippen LogP contribution in [0, 0.1) is 23.7 Å². The normalized spacial score (nSPS) is 23.1. The van der Waals surface area contributed by atoms with Crippen LogP contribution in [0.15, 0.2) is 47.6 Å². The smallest absolute Gasteiger partial charge is 0.247 e. The van der Waals surface area contributed by atoms with Crippen molar-refractivity contribution in [2.75, 3.05) is 26.7 Å². The molecule has 0 saturated heterocycles. The summed E-state index contributed by atoms with van der Waals surface area (Å²) in [6.45, 7) is 5.04. The van der Waals surface area contributed by atoms with Gasteiger partial charge in [0.25, 0.3) is 0 Å². The van der Waals surface area contributed by atoms with E-state index in [2.05, 4.69) is 21.7 Å². The minimum absolute atomic E-state index is 0.102. The predicted molar refractivity (Wildman–Crippen MR) is 131 cm³/mol. The van der Waals surface area contributed by atoms with E-state index in [0.717, 1.165) is 24.0 Å². The number of fused-ring (bicyclic) bond motifs is 1. The van der Waals surface area contributed by atoms with Gasteiger partial charge in [-0.3, -0.25) is 9.88 Å². The Morgan fingerprint density at radius 2 is 2.12 bits per heavy atom. The van der Waals surface area contributed by atoms with E-state index in [1.807, 2.05) is 32.3 Å². The largest absolute Gasteiger partial charge is 0.487 e. The number of hydrogen-bond donors (Lipinski definition) is 1. The van der Waals surface area contributed by atoms with E-state index in [0.29, 0.717) is 24.8 Å². The monoisotopic (exact) mass is 483 g/mol. The van der Waals surface area contributed by atoms with Gasteiger partial charge in [-0.2, -0.15) is 4.31 Å². The molecule has 1 saturated carbocycles. The number of rotatable bonds is 6. The van der Waals surface area contributed by atoms with Crippen molar-refractivity contribution in [1.29, 1.82) is 0 Å². The van der Waals surface area contributed by atoms with Crippen molar-refractivity contribution in [2.24, 2.45) is 11.8 Å². The van der Waals surface area contributed by atoms with Gasteiger partial charge in [-0.15, -0.1) is 0 Å². The van der Waals surface area contributed by atoms with Gasteiger partial charge in [0.15, 0.2) is 0 Å². The molecule has 4 rings (SSSR count). The van der Waals surface area contributed by atoms with Crippen LogP contribution in [0.5, 0.6) is 5.75 Å². The molecule has 1 aromatic heterocycles. The zero-order valence-corrected chi connectivity index (χ0v) is 20.8. The van der Waals surface area contributed by atoms with Crippen molar-refractivity contribution in [2.45, 2.75) is 50.3 Å². The molecule has 2 aromatic rings. The summed E-state index contributed by atoms with van der Waals surface area (Å²) in [6.07, 6.45) is 5.59. The molecule has 2 heterocycles. The van der Waals surface area contributed by atoms with Crippen LogP contribution in [0.25, 0.3) is 0 Å². The van der Waals surface area contributed by atoms with Crippen LogP contribution < -0.4 is 4.74 Å². The number of likely N-dealkylation sites (N-methyl/N-ethyl adjacent to an activating group) is 1. The number of aliphatic hydroxyl groups is 1. The van der Waals surface area contributed by atoms with Crippen LogP contribution in [0.1, 0.15) is 37.8 Å². The highest BCUT2D eigenvalue weighted by Gasteiger charge is 2.38. The Bertz CT molecular complexity index is 1160. The Morgan fingerprint density at radius 1 is 1.32 bits per heavy atom. The molecule has 1 aliphatic heterocycles. The predicted octanol–water partition coefficient (Wildman–Crippen LogP) is 2.74. The second-order valence-electron chi connectivity index (χ2n) is 9.50. The van der Waals surface area contributed by atoms with Crippen molar-refractivity contribution in [3.63, 3.8) is 0 Å². The number of sulfonamides is 1. The van der Waals surface area contributed by atoms with Gasteiger partial charge in [0.1, 0.15) is 16.7 Å². The number of pyridine rings is 1. The van der Waals surface area contributed by atoms with E-state index >= 15 is 0 Å². The average molecular weight is 484 g/mol. The molecule has 0 amide bonds. The molecule has 3 atom stereocenters. The summed E-state index contributed by atoms with van der Waals surface area (Å²) in [4.78, 5) is 6.47. The summed E-state index contributed by atoms with van der Waals surface area (Å²) in [5, 5.41) is 9.79. The lowest BCUT2D eigenvalue weighted by Gasteiger charge is -2.37. The highest BCUT2D eigenvalue weighted by atomic mass is 32.2. The highest BCUT2D eigenvalue weighted by Crippen LogP contribution is 2.34. The van der Waals surface area contributed by atoms with Gasteiger partial charge >= 0.3 is 0 Å². The van der Waals surface area contributed by atoms with E-state index in [-0.39, 0.29) is 30.1 Å². The van der Waals surface area contributed by atoms with Crippen molar-refractivity contribution < 1.29 is 18.3 Å². The van der Waals surface area contributed by atoms with Gasteiger partial charge < -0.3 is 9.84 Å². The summed E-state index contributed by atoms with van der Waals surface area (Å²) < 4.78 is 35.0. The second kappa shape index (κ2) is 10.4. The van der Waals surface area contributed by atoms with E-state index in [1.165, 1.54) is 4.31 Å². The molecule has 1 aliphatic carbocycles. The highest BCUT2D eigenvalue weighted by molar-refractivity contribution is 7.89. The van der Waals surface area contributed by atoms with E-state index in [4.69, 9.17) is 4.74 Å². The maximum atomic E-state index is 13.6. The Hall–Kier alpha value is -2.44. The lowest BCUT2D eigenvalue weighted by molar-refractivity contribution is 0.0733. The van der Waals surface area contributed by atoms with Crippen molar-refractivity contribution in [3.8, 4) is 17.6 Å². The summed E-state index contributed by atoms with van der Waals surface area (Å²) in [5.41, 5.74) is 1.85. The Labute approximate surface area is 202 Å². The standard InChI is InChI=1S/C26H33N3O4S/c1-19-15-29(20(2)18-30)34(31,32)26-11-10-22(9-8-21-6-7-21)13-24(26)33-25(19)17-28(3)16-23-5-4-12-27-14-23/h4-5,10-14,19-21,25,30H,6-7,15-18H2,1-3H3/t19-,20-,25-/m1/s1. The summed E-state index contributed by atoms with van der Waals surface area (Å²) in [5.74, 6) is 7.07. The molecular formula is C26H33N3O4S. The summed E-state index contributed by atoms with van der Waals surface area (Å²) >= 11 is 0. The maximum Gasteiger partial charge on any atom is 0.247 e. The first-order valence-corrected chi connectivity index (χ1v) is 13.2. The molecule has 1 aromatic carbocycles. The third-order valence-electron chi connectivity index (χ3n) is 6.33. The molecule has 0 bridgehead atoms. The molecular weight excluding hydrogens is 450 g/mol. The molecule has 182 valence electrons. The lowest BCUT2D eigenvalue weighted by atomic mass is 10.0. The first kappa shape index (κ1) is 24.7. The number of ether oxygens (including phenoxy) is 1. The fourth-order valence-electron chi connectivity index (χ4n) is 4.11. The zero-order chi connectivity index (χ0) is 24.3. The average Bonchev–Trinajstić information content (AvgIpc) is 3.64. The van der Waals surface area contributed by atoms with Crippen molar-refractivity contribution in [3.05, 3.63) is 53.9 Å². The molecule has 0 radical (unpaired) electrons. The van der Waals surface area contributed by atoms with Crippen molar-refractivity contribution in [1.82, 2.24) is 14.2 Å². The third-order valence-corrected chi connectivity index (χ3v) is 8.35. The lowest BCUT2D eigenvalue weighted by Crippen LogP contribution is -2.49. The minimum atomic E-state index is -3.84. The molecule has 1 fully saturated rings. The van der Waals surface area contributed by atoms with Crippen LogP contribution in [-0.2, 0) is 16.6 Å². The van der Waals surface area contributed by atoms with Crippen LogP contribution in [0.4, 0.5) is 0 Å². The van der Waals surface area contributed by atoms with Gasteiger partial charge in [0, 0.05) is 55.5 Å². The van der Waals surface area contributed by atoms with Gasteiger partial charge in [-0.05, 0) is 56.6 Å². The number of hydrogen-bond acceptors (Lipinski definition) is 6. The van der Waals surface area contributed by atoms with Crippen LogP contribution in [-0.4, -0.2) is 66.6 Å². The molecule has 8 heteroatoms. The molecule has 0 spiro atoms. The Morgan fingerprint density at radius 3 is 2.79 bits per heavy atom. The second-order valence-corrected chi connectivity index (χ2v) is 11.4. The van der Waals surface area contributed by atoms with Crippen LogP contribution in [0.2, 0.25) is 0 Å².